The van der Waals surface area contributed by atoms with Gasteiger partial charge in [0.05, 0.1) is 105 Å². The van der Waals surface area contributed by atoms with Crippen LogP contribution in [0, 0.1) is 21.7 Å². The second kappa shape index (κ2) is 29.2. The molecule has 1 amide bonds. The van der Waals surface area contributed by atoms with Crippen molar-refractivity contribution in [2.24, 2.45) is 36.6 Å². The average Bonchev–Trinajstić information content (AvgIpc) is 1.68. The van der Waals surface area contributed by atoms with E-state index in [0.29, 0.717) is 77.5 Å². The zero-order valence-corrected chi connectivity index (χ0v) is 58.4. The molecule has 13 nitrogen and oxygen atoms in total. The monoisotopic (exact) mass is 1280 g/mol. The summed E-state index contributed by atoms with van der Waals surface area (Å²) in [6, 6.07) is 41.1. The van der Waals surface area contributed by atoms with E-state index >= 15 is 0 Å². The first-order valence-electron chi connectivity index (χ1n) is 31.7. The molecule has 0 spiro atoms. The summed E-state index contributed by atoms with van der Waals surface area (Å²) in [5.74, 6) is -0.168. The molecule has 0 aliphatic carbocycles. The molecule has 0 saturated carbocycles. The van der Waals surface area contributed by atoms with Crippen LogP contribution in [0.5, 0.6) is 0 Å². The van der Waals surface area contributed by atoms with E-state index < -0.39 is 45.1 Å². The predicted octanol–water partition coefficient (Wildman–Crippen LogP) is 16.0. The summed E-state index contributed by atoms with van der Waals surface area (Å²) in [5.41, 5.74) is 6.58. The van der Waals surface area contributed by atoms with Gasteiger partial charge in [-0.2, -0.15) is 5.70 Å². The number of carbonyl (C=O) groups excluding carboxylic acids is 1. The first-order valence-corrected chi connectivity index (χ1v) is 35.6. The van der Waals surface area contributed by atoms with Gasteiger partial charge in [-0.3, -0.25) is 14.8 Å². The second-order valence-electron chi connectivity index (χ2n) is 28.2. The molecular formula is C74H93ClN4O9Zn. The van der Waals surface area contributed by atoms with Gasteiger partial charge in [0, 0.05) is 76.6 Å². The fourth-order valence-electron chi connectivity index (χ4n) is 12.9. The van der Waals surface area contributed by atoms with E-state index in [1.165, 1.54) is 0 Å². The fraction of sp³-hybridized carbons (Fsp3) is 0.514. The van der Waals surface area contributed by atoms with Gasteiger partial charge >= 0.3 is 27.0 Å². The number of carbonyl (C=O) groups is 1. The summed E-state index contributed by atoms with van der Waals surface area (Å²) in [7, 11) is 4.76. The zero-order valence-electron chi connectivity index (χ0n) is 54.6. The Bertz CT molecular complexity index is 3250. The normalized spacial score (nSPS) is 32.0. The van der Waals surface area contributed by atoms with Crippen molar-refractivity contribution in [2.75, 3.05) is 13.2 Å². The van der Waals surface area contributed by atoms with E-state index in [4.69, 9.17) is 62.9 Å². The molecule has 4 aromatic carbocycles. The predicted molar refractivity (Wildman–Crippen MR) is 350 cm³/mol. The molecule has 0 radical (unpaired) electrons. The number of nitrogens with zero attached hydrogens (tertiary/aromatic N) is 4. The third kappa shape index (κ3) is 17.3. The molecule has 6 aliphatic rings. The van der Waals surface area contributed by atoms with Crippen LogP contribution in [0.25, 0.3) is 5.32 Å². The molecule has 10 rings (SSSR count). The summed E-state index contributed by atoms with van der Waals surface area (Å²) in [6.07, 6.45) is 7.09. The van der Waals surface area contributed by atoms with Crippen LogP contribution in [0.1, 0.15) is 144 Å². The maximum atomic E-state index is 13.3. The van der Waals surface area contributed by atoms with E-state index in [1.54, 1.807) is 0 Å². The number of hydrogen-bond acceptors (Lipinski definition) is 11. The maximum absolute atomic E-state index is 13.3. The molecule has 472 valence electrons. The van der Waals surface area contributed by atoms with Gasteiger partial charge in [-0.25, -0.2) is 4.99 Å². The molecule has 12 atom stereocenters. The summed E-state index contributed by atoms with van der Waals surface area (Å²) in [6.45, 7) is 32.4. The van der Waals surface area contributed by atoms with Crippen LogP contribution in [-0.4, -0.2) is 96.3 Å². The molecule has 15 heteroatoms. The van der Waals surface area contributed by atoms with Crippen LogP contribution in [0.15, 0.2) is 184 Å². The van der Waals surface area contributed by atoms with Crippen LogP contribution >= 0.6 is 9.69 Å². The Morgan fingerprint density at radius 2 is 0.955 bits per heavy atom. The molecule has 0 bridgehead atoms. The molecule has 0 aromatic heterocycles. The SMILES string of the molecule is C=C1N=C(/C=C2/CC(C)(COC(C)(C)C)C(/C=C3\[N-]/C(=C\C4=NC(=O)CC4(C)COC(C)(C)C)C[C@@]3(C)[C@@H]3O[C@H](C)[C@H](OCc4ccccc4)C[C@H]3OCc3ccccc3)=N2)C[C@@]1(C)[C@@H]1O[C@H](C)[C@H](OCc2ccccc2)C[C@H]1OCc1ccccc1.[Cl][Zn+]. The topological polar surface area (TPSA) is 142 Å². The molecule has 6 heterocycles. The molecule has 6 aliphatic heterocycles. The van der Waals surface area contributed by atoms with Crippen LogP contribution in [0.2, 0.25) is 0 Å². The van der Waals surface area contributed by atoms with E-state index in [9.17, 15) is 4.79 Å². The second-order valence-corrected chi connectivity index (χ2v) is 28.2. The molecule has 0 N–H and O–H groups in total. The van der Waals surface area contributed by atoms with Crippen molar-refractivity contribution in [3.63, 3.8) is 0 Å². The first-order chi connectivity index (χ1) is 42.3. The van der Waals surface area contributed by atoms with Crippen LogP contribution in [0.3, 0.4) is 0 Å². The van der Waals surface area contributed by atoms with Crippen molar-refractivity contribution in [1.82, 2.24) is 0 Å². The molecule has 3 saturated heterocycles. The van der Waals surface area contributed by atoms with Crippen molar-refractivity contribution in [3.8, 4) is 0 Å². The van der Waals surface area contributed by atoms with Crippen molar-refractivity contribution >= 4 is 32.7 Å². The zero-order chi connectivity index (χ0) is 63.8. The summed E-state index contributed by atoms with van der Waals surface area (Å²) in [5, 5.41) is 5.59. The fourth-order valence-corrected chi connectivity index (χ4v) is 12.9. The van der Waals surface area contributed by atoms with Gasteiger partial charge in [0.15, 0.2) is 0 Å². The standard InChI is InChI=1S/C74H94N4O9.ClH.Zn/c1-49-59(80-43-52-26-18-14-19-27-52)36-61(82-45-54-30-22-16-23-31-54)67(86-49)73(12)40-57(75-51(73)3)34-56-39-71(10,47-84-69(4,5)6)64(76-56)38-65-74(13,41-58(77-65)35-63-72(11,42-66(79)78-63)48-85-70(7,8)9)68-62(83-46-55-32-24-17-25-33-55)37-60(50(2)87-68)81-44-53-28-20-15-21-29-53;;/h14-35,38,49-50,59-62,67-68H,3,36-37,39-48H2,1-2,4-13H3,(H,75,76,77,78,79);1H;/q;;+2/p-2/t49-,50-,59-,60-,61-,62-,67-,68-,71?,72?,73-,74-;;/m1../s1. The summed E-state index contributed by atoms with van der Waals surface area (Å²) < 4.78 is 54.8. The molecule has 4 aromatic rings. The third-order valence-electron chi connectivity index (χ3n) is 18.2. The van der Waals surface area contributed by atoms with E-state index in [0.717, 1.165) is 73.8 Å². The van der Waals surface area contributed by atoms with Gasteiger partial charge in [0.1, 0.15) is 0 Å². The Morgan fingerprint density at radius 1 is 0.551 bits per heavy atom. The number of hydrogen-bond donors (Lipinski definition) is 0. The number of benzene rings is 4. The van der Waals surface area contributed by atoms with Gasteiger partial charge in [0.25, 0.3) is 0 Å². The molecule has 2 unspecified atom stereocenters. The Labute approximate surface area is 544 Å². The number of allylic oxidation sites excluding steroid dienone is 5. The van der Waals surface area contributed by atoms with Gasteiger partial charge in [-0.1, -0.05) is 168 Å². The Hall–Kier alpha value is -5.09. The summed E-state index contributed by atoms with van der Waals surface area (Å²) >= 11 is 0.847. The van der Waals surface area contributed by atoms with Gasteiger partial charge in [0.2, 0.25) is 5.91 Å². The van der Waals surface area contributed by atoms with E-state index in [2.05, 4.69) is 135 Å². The van der Waals surface area contributed by atoms with Crippen LogP contribution < -0.4 is 0 Å². The minimum atomic E-state index is -0.759. The first kappa shape index (κ1) is 68.3. The van der Waals surface area contributed by atoms with Crippen molar-refractivity contribution in [3.05, 3.63) is 196 Å². The number of aliphatic imine (C=N–C) groups is 3. The molecular weight excluding hydrogens is 1190 g/mol. The van der Waals surface area contributed by atoms with Crippen LogP contribution in [0.4, 0.5) is 0 Å². The van der Waals surface area contributed by atoms with Crippen molar-refractivity contribution < 1.29 is 60.0 Å². The molecule has 3 fully saturated rings. The summed E-state index contributed by atoms with van der Waals surface area (Å²) in [4.78, 5) is 28.8. The van der Waals surface area contributed by atoms with E-state index in [1.807, 2.05) is 99.6 Å². The number of ether oxygens (including phenoxy) is 8. The Balaban J connectivity index is 0.00000466. The minimum absolute atomic E-state index is 0.168. The van der Waals surface area contributed by atoms with Gasteiger partial charge < -0.3 is 43.2 Å². The number of halogens is 1. The number of amides is 1. The van der Waals surface area contributed by atoms with Crippen molar-refractivity contribution in [2.45, 2.75) is 208 Å². The number of rotatable bonds is 21. The van der Waals surface area contributed by atoms with E-state index in [-0.39, 0.29) is 49.0 Å². The van der Waals surface area contributed by atoms with Crippen molar-refractivity contribution in [1.29, 1.82) is 0 Å². The van der Waals surface area contributed by atoms with Crippen LogP contribution in [-0.2, 0) is 86.4 Å². The quantitative estimate of drug-likeness (QED) is 0.0745. The average molecular weight is 1280 g/mol. The van der Waals surface area contributed by atoms with Gasteiger partial charge in [-0.05, 0) is 90.1 Å². The Kier molecular flexibility index (Phi) is 22.4. The Morgan fingerprint density at radius 3 is 1.39 bits per heavy atom. The molecule has 89 heavy (non-hydrogen) atoms. The van der Waals surface area contributed by atoms with Gasteiger partial charge in [-0.15, -0.1) is 5.70 Å². The third-order valence-corrected chi connectivity index (χ3v) is 18.2.